The summed E-state index contributed by atoms with van der Waals surface area (Å²) in [6.45, 7) is 0.0857. The Balaban J connectivity index is 1.87. The van der Waals surface area contributed by atoms with Gasteiger partial charge in [0, 0.05) is 24.9 Å². The second-order valence-electron chi connectivity index (χ2n) is 4.83. The van der Waals surface area contributed by atoms with Crippen molar-refractivity contribution in [1.82, 2.24) is 0 Å². The Hall–Kier alpha value is -1.73. The smallest absolute Gasteiger partial charge is 0.174 e. The van der Waals surface area contributed by atoms with Crippen molar-refractivity contribution in [2.75, 3.05) is 19.0 Å². The molecule has 1 aromatic rings. The van der Waals surface area contributed by atoms with Crippen LogP contribution in [0.2, 0.25) is 0 Å². The van der Waals surface area contributed by atoms with Crippen molar-refractivity contribution in [3.8, 4) is 11.8 Å². The number of hydrogen-bond acceptors (Lipinski definition) is 4. The number of hydrogen-bond donors (Lipinski definition) is 1. The highest BCUT2D eigenvalue weighted by molar-refractivity contribution is 5.49. The van der Waals surface area contributed by atoms with Gasteiger partial charge in [-0.25, -0.2) is 0 Å². The van der Waals surface area contributed by atoms with Crippen molar-refractivity contribution >= 4 is 5.69 Å². The van der Waals surface area contributed by atoms with E-state index in [0.717, 1.165) is 37.1 Å². The van der Waals surface area contributed by atoms with Crippen LogP contribution in [0.5, 0.6) is 5.75 Å². The Bertz CT molecular complexity index is 434. The first-order chi connectivity index (χ1) is 9.31. The number of nitrogens with one attached hydrogen (secondary N) is 1. The average molecular weight is 260 g/mol. The summed E-state index contributed by atoms with van der Waals surface area (Å²) < 4.78 is 10.7. The quantitative estimate of drug-likeness (QED) is 0.884. The van der Waals surface area contributed by atoms with E-state index in [2.05, 4.69) is 5.32 Å². The molecular weight excluding hydrogens is 240 g/mol. The van der Waals surface area contributed by atoms with E-state index in [0.29, 0.717) is 12.1 Å². The predicted molar refractivity (Wildman–Crippen MR) is 74.2 cm³/mol. The molecule has 1 saturated carbocycles. The fourth-order valence-corrected chi connectivity index (χ4v) is 2.47. The van der Waals surface area contributed by atoms with Crippen LogP contribution in [0.25, 0.3) is 0 Å². The van der Waals surface area contributed by atoms with E-state index in [9.17, 15) is 0 Å². The standard InChI is InChI=1S/C15H20N2O2/c1-18-14-7-5-12(6-8-14)17-13-3-2-4-15(11-13)19-10-9-16/h2-4,11-12,14,17H,5-8,10H2,1H3. The highest BCUT2D eigenvalue weighted by atomic mass is 16.5. The summed E-state index contributed by atoms with van der Waals surface area (Å²) in [7, 11) is 1.79. The molecule has 4 nitrogen and oxygen atoms in total. The number of nitriles is 1. The van der Waals surface area contributed by atoms with Crippen LogP contribution in [-0.4, -0.2) is 25.9 Å². The van der Waals surface area contributed by atoms with Crippen molar-refractivity contribution < 1.29 is 9.47 Å². The lowest BCUT2D eigenvalue weighted by atomic mass is 9.93. The zero-order valence-corrected chi connectivity index (χ0v) is 11.3. The molecular formula is C15H20N2O2. The second-order valence-corrected chi connectivity index (χ2v) is 4.83. The van der Waals surface area contributed by atoms with Crippen LogP contribution in [0.4, 0.5) is 5.69 Å². The number of methoxy groups -OCH3 is 1. The van der Waals surface area contributed by atoms with E-state index < -0.39 is 0 Å². The SMILES string of the molecule is COC1CCC(Nc2cccc(OCC#N)c2)CC1. The van der Waals surface area contributed by atoms with Gasteiger partial charge in [-0.2, -0.15) is 5.26 Å². The highest BCUT2D eigenvalue weighted by Crippen LogP contribution is 2.25. The van der Waals surface area contributed by atoms with Gasteiger partial charge < -0.3 is 14.8 Å². The molecule has 0 aliphatic heterocycles. The molecule has 1 aromatic carbocycles. The maximum atomic E-state index is 8.50. The molecule has 0 spiro atoms. The zero-order valence-electron chi connectivity index (χ0n) is 11.3. The van der Waals surface area contributed by atoms with Crippen molar-refractivity contribution in [3.63, 3.8) is 0 Å². The summed E-state index contributed by atoms with van der Waals surface area (Å²) in [5.41, 5.74) is 1.05. The van der Waals surface area contributed by atoms with Gasteiger partial charge in [0.25, 0.3) is 0 Å². The minimum atomic E-state index is 0.0857. The topological polar surface area (TPSA) is 54.3 Å². The van der Waals surface area contributed by atoms with Crippen molar-refractivity contribution in [2.45, 2.75) is 37.8 Å². The number of rotatable bonds is 5. The molecule has 0 aromatic heterocycles. The molecule has 0 heterocycles. The van der Waals surface area contributed by atoms with Gasteiger partial charge in [0.2, 0.25) is 0 Å². The molecule has 1 aliphatic rings. The number of anilines is 1. The summed E-state index contributed by atoms with van der Waals surface area (Å²) in [4.78, 5) is 0. The molecule has 0 unspecified atom stereocenters. The molecule has 1 aliphatic carbocycles. The van der Waals surface area contributed by atoms with Crippen LogP contribution >= 0.6 is 0 Å². The maximum absolute atomic E-state index is 8.50. The number of ether oxygens (including phenoxy) is 2. The van der Waals surface area contributed by atoms with Crippen molar-refractivity contribution in [3.05, 3.63) is 24.3 Å². The number of benzene rings is 1. The molecule has 2 rings (SSSR count). The van der Waals surface area contributed by atoms with Crippen molar-refractivity contribution in [1.29, 1.82) is 5.26 Å². The van der Waals surface area contributed by atoms with E-state index in [-0.39, 0.29) is 6.61 Å². The molecule has 19 heavy (non-hydrogen) atoms. The first-order valence-corrected chi connectivity index (χ1v) is 6.71. The Morgan fingerprint density at radius 3 is 2.79 bits per heavy atom. The van der Waals surface area contributed by atoms with E-state index in [4.69, 9.17) is 14.7 Å². The van der Waals surface area contributed by atoms with Crippen LogP contribution in [0.15, 0.2) is 24.3 Å². The second kappa shape index (κ2) is 7.01. The Labute approximate surface area is 114 Å². The van der Waals surface area contributed by atoms with E-state index in [1.807, 2.05) is 30.3 Å². The summed E-state index contributed by atoms with van der Waals surface area (Å²) in [5.74, 6) is 0.733. The van der Waals surface area contributed by atoms with Gasteiger partial charge in [0.15, 0.2) is 6.61 Å². The van der Waals surface area contributed by atoms with Gasteiger partial charge in [-0.1, -0.05) is 6.07 Å². The molecule has 4 heteroatoms. The van der Waals surface area contributed by atoms with Gasteiger partial charge in [0.05, 0.1) is 6.10 Å². The highest BCUT2D eigenvalue weighted by Gasteiger charge is 2.20. The third-order valence-electron chi connectivity index (χ3n) is 3.52. The van der Waals surface area contributed by atoms with Crippen LogP contribution in [-0.2, 0) is 4.74 Å². The normalized spacial score (nSPS) is 22.5. The first kappa shape index (κ1) is 13.7. The van der Waals surface area contributed by atoms with Crippen LogP contribution in [0, 0.1) is 11.3 Å². The Morgan fingerprint density at radius 2 is 2.11 bits per heavy atom. The van der Waals surface area contributed by atoms with Gasteiger partial charge >= 0.3 is 0 Å². The fraction of sp³-hybridized carbons (Fsp3) is 0.533. The van der Waals surface area contributed by atoms with Gasteiger partial charge in [-0.15, -0.1) is 0 Å². The molecule has 0 bridgehead atoms. The lowest BCUT2D eigenvalue weighted by Crippen LogP contribution is -2.29. The van der Waals surface area contributed by atoms with Crippen molar-refractivity contribution in [2.24, 2.45) is 0 Å². The van der Waals surface area contributed by atoms with Crippen LogP contribution in [0.1, 0.15) is 25.7 Å². The average Bonchev–Trinajstić information content (AvgIpc) is 2.46. The van der Waals surface area contributed by atoms with Gasteiger partial charge in [-0.05, 0) is 37.8 Å². The largest absolute Gasteiger partial charge is 0.479 e. The lowest BCUT2D eigenvalue weighted by molar-refractivity contribution is 0.0682. The number of nitrogens with zero attached hydrogens (tertiary/aromatic N) is 1. The molecule has 0 atom stereocenters. The summed E-state index contributed by atoms with van der Waals surface area (Å²) in [6, 6.07) is 10.2. The third-order valence-corrected chi connectivity index (χ3v) is 3.52. The minimum Gasteiger partial charge on any atom is -0.479 e. The third kappa shape index (κ3) is 4.15. The molecule has 1 N–H and O–H groups in total. The molecule has 102 valence electrons. The van der Waals surface area contributed by atoms with E-state index in [1.165, 1.54) is 0 Å². The van der Waals surface area contributed by atoms with Gasteiger partial charge in [-0.3, -0.25) is 0 Å². The lowest BCUT2D eigenvalue weighted by Gasteiger charge is -2.29. The monoisotopic (exact) mass is 260 g/mol. The summed E-state index contributed by atoms with van der Waals surface area (Å²) in [6.07, 6.45) is 4.89. The van der Waals surface area contributed by atoms with E-state index in [1.54, 1.807) is 7.11 Å². The Kier molecular flexibility index (Phi) is 5.05. The zero-order chi connectivity index (χ0) is 13.5. The maximum Gasteiger partial charge on any atom is 0.174 e. The minimum absolute atomic E-state index is 0.0857. The first-order valence-electron chi connectivity index (χ1n) is 6.71. The molecule has 0 radical (unpaired) electrons. The van der Waals surface area contributed by atoms with Crippen LogP contribution < -0.4 is 10.1 Å². The molecule has 0 saturated heterocycles. The molecule has 0 amide bonds. The van der Waals surface area contributed by atoms with Crippen LogP contribution in [0.3, 0.4) is 0 Å². The van der Waals surface area contributed by atoms with E-state index >= 15 is 0 Å². The molecule has 1 fully saturated rings. The predicted octanol–water partition coefficient (Wildman–Crippen LogP) is 2.96. The Morgan fingerprint density at radius 1 is 1.32 bits per heavy atom. The van der Waals surface area contributed by atoms with Gasteiger partial charge in [0.1, 0.15) is 11.8 Å². The summed E-state index contributed by atoms with van der Waals surface area (Å²) >= 11 is 0. The summed E-state index contributed by atoms with van der Waals surface area (Å²) in [5, 5.41) is 12.0. The fourth-order valence-electron chi connectivity index (χ4n) is 2.47.